The van der Waals surface area contributed by atoms with Gasteiger partial charge < -0.3 is 24.7 Å². The zero-order valence-electron chi connectivity index (χ0n) is 20.2. The van der Waals surface area contributed by atoms with Crippen LogP contribution in [0.3, 0.4) is 0 Å². The summed E-state index contributed by atoms with van der Waals surface area (Å²) >= 11 is 0. The molecule has 0 radical (unpaired) electrons. The third-order valence-corrected chi connectivity index (χ3v) is 5.84. The van der Waals surface area contributed by atoms with Crippen LogP contribution in [0.25, 0.3) is 0 Å². The lowest BCUT2D eigenvalue weighted by atomic mass is 9.99. The fourth-order valence-corrected chi connectivity index (χ4v) is 3.74. The molecule has 0 unspecified atom stereocenters. The molecule has 1 aromatic heterocycles. The minimum atomic E-state index is -0.839. The molecular weight excluding hydrogens is 453 g/mol. The van der Waals surface area contributed by atoms with Gasteiger partial charge in [0.15, 0.2) is 0 Å². The number of hydrogen-bond acceptors (Lipinski definition) is 6. The van der Waals surface area contributed by atoms with Crippen molar-refractivity contribution >= 4 is 11.8 Å². The van der Waals surface area contributed by atoms with Crippen LogP contribution in [0.15, 0.2) is 36.5 Å². The zero-order chi connectivity index (χ0) is 25.7. The minimum Gasteiger partial charge on any atom is -0.472 e. The Morgan fingerprint density at radius 2 is 2.03 bits per heavy atom. The number of hydrogen-bond donors (Lipinski definition) is 2. The summed E-state index contributed by atoms with van der Waals surface area (Å²) in [6, 6.07) is 6.40. The van der Waals surface area contributed by atoms with Gasteiger partial charge in [-0.25, -0.2) is 9.37 Å². The molecule has 2 N–H and O–H groups in total. The first-order chi connectivity index (χ1) is 16.6. The number of pyridine rings is 1. The Hall–Kier alpha value is -3.48. The van der Waals surface area contributed by atoms with E-state index in [2.05, 4.69) is 16.8 Å². The van der Waals surface area contributed by atoms with Gasteiger partial charge in [-0.3, -0.25) is 9.59 Å². The van der Waals surface area contributed by atoms with E-state index in [4.69, 9.17) is 4.74 Å². The Labute approximate surface area is 204 Å². The Morgan fingerprint density at radius 1 is 1.34 bits per heavy atom. The fraction of sp³-hybridized carbons (Fsp3) is 0.423. The fourth-order valence-electron chi connectivity index (χ4n) is 3.74. The summed E-state index contributed by atoms with van der Waals surface area (Å²) < 4.78 is 19.4. The first kappa shape index (κ1) is 26.1. The van der Waals surface area contributed by atoms with Crippen LogP contribution in [0.5, 0.6) is 5.88 Å². The second kappa shape index (κ2) is 11.3. The average molecular weight is 484 g/mol. The van der Waals surface area contributed by atoms with Crippen molar-refractivity contribution in [2.75, 3.05) is 26.7 Å². The molecule has 0 saturated heterocycles. The largest absolute Gasteiger partial charge is 0.472 e. The molecule has 1 aliphatic rings. The van der Waals surface area contributed by atoms with Crippen LogP contribution < -0.4 is 4.74 Å². The molecule has 8 nitrogen and oxygen atoms in total. The third-order valence-electron chi connectivity index (χ3n) is 5.84. The maximum absolute atomic E-state index is 13.4. The van der Waals surface area contributed by atoms with Gasteiger partial charge in [0.2, 0.25) is 5.88 Å². The molecule has 1 aromatic carbocycles. The number of rotatable bonds is 5. The van der Waals surface area contributed by atoms with Crippen molar-refractivity contribution in [1.29, 1.82) is 0 Å². The van der Waals surface area contributed by atoms with Crippen molar-refractivity contribution in [2.45, 2.75) is 39.0 Å². The monoisotopic (exact) mass is 483 g/mol. The summed E-state index contributed by atoms with van der Waals surface area (Å²) in [7, 11) is 1.63. The molecule has 0 spiro atoms. The van der Waals surface area contributed by atoms with E-state index in [1.165, 1.54) is 42.3 Å². The molecular formula is C26H30FN3O5. The number of aliphatic hydroxyl groups excluding tert-OH is 2. The predicted octanol–water partition coefficient (Wildman–Crippen LogP) is 1.95. The maximum Gasteiger partial charge on any atom is 0.259 e. The minimum absolute atomic E-state index is 0.104. The summed E-state index contributed by atoms with van der Waals surface area (Å²) in [5.41, 5.74) is 0.969. The van der Waals surface area contributed by atoms with Crippen LogP contribution in [0, 0.1) is 23.6 Å². The topological polar surface area (TPSA) is 103 Å². The number of carbonyl (C=O) groups is 2. The van der Waals surface area contributed by atoms with Crippen LogP contribution >= 0.6 is 0 Å². The number of aliphatic hydroxyl groups is 2. The Kier molecular flexibility index (Phi) is 8.43. The van der Waals surface area contributed by atoms with E-state index in [1.54, 1.807) is 24.9 Å². The smallest absolute Gasteiger partial charge is 0.259 e. The SMILES string of the molecule is C[C@H](O)C#Cc1cnc2c(c1)C(=O)N([C@@H](C)CO)C[C@@H](C)[C@H](CN(C)C(=O)c1ccc(F)cc1)O2. The molecule has 186 valence electrons. The van der Waals surface area contributed by atoms with E-state index >= 15 is 0 Å². The van der Waals surface area contributed by atoms with Gasteiger partial charge in [0.05, 0.1) is 19.2 Å². The van der Waals surface area contributed by atoms with E-state index < -0.39 is 24.1 Å². The number of benzene rings is 1. The van der Waals surface area contributed by atoms with Crippen molar-refractivity contribution < 1.29 is 28.9 Å². The number of aromatic nitrogens is 1. The van der Waals surface area contributed by atoms with Gasteiger partial charge in [-0.05, 0) is 44.2 Å². The molecule has 3 rings (SSSR count). The zero-order valence-corrected chi connectivity index (χ0v) is 20.2. The van der Waals surface area contributed by atoms with E-state index in [9.17, 15) is 24.2 Å². The van der Waals surface area contributed by atoms with Crippen molar-refractivity contribution in [3.8, 4) is 17.7 Å². The molecule has 0 saturated carbocycles. The number of amides is 2. The highest BCUT2D eigenvalue weighted by Crippen LogP contribution is 2.27. The highest BCUT2D eigenvalue weighted by Gasteiger charge is 2.34. The van der Waals surface area contributed by atoms with E-state index in [-0.39, 0.29) is 48.9 Å². The molecule has 9 heteroatoms. The second-order valence-corrected chi connectivity index (χ2v) is 8.84. The summed E-state index contributed by atoms with van der Waals surface area (Å²) in [5.74, 6) is 4.23. The van der Waals surface area contributed by atoms with Gasteiger partial charge in [0, 0.05) is 36.8 Å². The van der Waals surface area contributed by atoms with Crippen molar-refractivity contribution in [3.05, 3.63) is 59.0 Å². The molecule has 4 atom stereocenters. The lowest BCUT2D eigenvalue weighted by Crippen LogP contribution is -2.50. The Balaban J connectivity index is 1.94. The molecule has 35 heavy (non-hydrogen) atoms. The van der Waals surface area contributed by atoms with Crippen molar-refractivity contribution in [3.63, 3.8) is 0 Å². The summed E-state index contributed by atoms with van der Waals surface area (Å²) in [4.78, 5) is 33.6. The quantitative estimate of drug-likeness (QED) is 0.631. The molecule has 0 fully saturated rings. The summed E-state index contributed by atoms with van der Waals surface area (Å²) in [5, 5.41) is 19.2. The lowest BCUT2D eigenvalue weighted by Gasteiger charge is -2.37. The molecule has 2 amide bonds. The second-order valence-electron chi connectivity index (χ2n) is 8.84. The third kappa shape index (κ3) is 6.35. The maximum atomic E-state index is 13.4. The number of nitrogens with zero attached hydrogens (tertiary/aromatic N) is 3. The van der Waals surface area contributed by atoms with Crippen molar-refractivity contribution in [2.24, 2.45) is 5.92 Å². The number of carbonyl (C=O) groups excluding carboxylic acids is 2. The normalized spacial score (nSPS) is 19.3. The molecule has 2 aromatic rings. The van der Waals surface area contributed by atoms with Crippen LogP contribution in [0.1, 0.15) is 47.1 Å². The first-order valence-corrected chi connectivity index (χ1v) is 11.4. The van der Waals surface area contributed by atoms with E-state index in [1.807, 2.05) is 6.92 Å². The van der Waals surface area contributed by atoms with Crippen LogP contribution in [-0.2, 0) is 0 Å². The van der Waals surface area contributed by atoms with Gasteiger partial charge in [-0.1, -0.05) is 18.8 Å². The van der Waals surface area contributed by atoms with Gasteiger partial charge in [0.25, 0.3) is 11.8 Å². The van der Waals surface area contributed by atoms with Crippen molar-refractivity contribution in [1.82, 2.24) is 14.8 Å². The summed E-state index contributed by atoms with van der Waals surface area (Å²) in [6.45, 7) is 5.43. The van der Waals surface area contributed by atoms with Crippen LogP contribution in [0.4, 0.5) is 4.39 Å². The molecule has 2 heterocycles. The van der Waals surface area contributed by atoms with E-state index in [0.29, 0.717) is 11.1 Å². The van der Waals surface area contributed by atoms with Gasteiger partial charge in [0.1, 0.15) is 23.6 Å². The van der Waals surface area contributed by atoms with Crippen LogP contribution in [-0.4, -0.2) is 81.8 Å². The molecule has 0 bridgehead atoms. The standard InChI is InChI=1S/C26H30FN3O5/c1-16-13-30(17(2)15-31)26(34)22-11-19(6-5-18(3)32)12-28-24(22)35-23(16)14-29(4)25(33)20-7-9-21(27)10-8-20/h7-12,16-18,23,31-32H,13-15H2,1-4H3/t16-,17+,18+,23+/m1/s1. The lowest BCUT2D eigenvalue weighted by molar-refractivity contribution is 0.0313. The summed E-state index contributed by atoms with van der Waals surface area (Å²) in [6.07, 6.45) is 0.0960. The van der Waals surface area contributed by atoms with Gasteiger partial charge >= 0.3 is 0 Å². The molecule has 0 aliphatic carbocycles. The van der Waals surface area contributed by atoms with Crippen LogP contribution in [0.2, 0.25) is 0 Å². The molecule has 1 aliphatic heterocycles. The Bertz CT molecular complexity index is 1130. The number of halogens is 1. The Morgan fingerprint density at radius 3 is 2.66 bits per heavy atom. The number of likely N-dealkylation sites (N-methyl/N-ethyl adjacent to an activating group) is 1. The van der Waals surface area contributed by atoms with E-state index in [0.717, 1.165) is 0 Å². The van der Waals surface area contributed by atoms with Gasteiger partial charge in [-0.15, -0.1) is 0 Å². The number of fused-ring (bicyclic) bond motifs is 1. The first-order valence-electron chi connectivity index (χ1n) is 11.4. The predicted molar refractivity (Wildman–Crippen MR) is 127 cm³/mol. The average Bonchev–Trinajstić information content (AvgIpc) is 2.84. The van der Waals surface area contributed by atoms with Gasteiger partial charge in [-0.2, -0.15) is 0 Å². The highest BCUT2D eigenvalue weighted by molar-refractivity contribution is 5.97. The number of ether oxygens (including phenoxy) is 1. The highest BCUT2D eigenvalue weighted by atomic mass is 19.1.